The predicted octanol–water partition coefficient (Wildman–Crippen LogP) is 5.48. The van der Waals surface area contributed by atoms with Crippen molar-refractivity contribution in [2.24, 2.45) is 0 Å². The summed E-state index contributed by atoms with van der Waals surface area (Å²) in [7, 11) is 2.09. The first-order chi connectivity index (χ1) is 10.2. The van der Waals surface area contributed by atoms with Gasteiger partial charge in [0, 0.05) is 11.6 Å². The van der Waals surface area contributed by atoms with Crippen LogP contribution in [-0.4, -0.2) is 24.2 Å². The molecule has 0 spiro atoms. The second-order valence-electron chi connectivity index (χ2n) is 5.88. The predicted molar refractivity (Wildman–Crippen MR) is 93.6 cm³/mol. The molecule has 21 heavy (non-hydrogen) atoms. The fourth-order valence-corrected chi connectivity index (χ4v) is 2.83. The minimum atomic E-state index is -0.0963. The van der Waals surface area contributed by atoms with Gasteiger partial charge in [0.1, 0.15) is 5.82 Å². The van der Waals surface area contributed by atoms with Crippen molar-refractivity contribution in [3.05, 3.63) is 35.6 Å². The molecule has 1 unspecified atom stereocenters. The molecule has 120 valence electrons. The molecule has 1 nitrogen and oxygen atoms in total. The average Bonchev–Trinajstić information content (AvgIpc) is 2.49. The van der Waals surface area contributed by atoms with E-state index in [9.17, 15) is 4.39 Å². The van der Waals surface area contributed by atoms with E-state index in [2.05, 4.69) is 31.5 Å². The van der Waals surface area contributed by atoms with Crippen molar-refractivity contribution in [2.75, 3.05) is 19.3 Å². The third kappa shape index (κ3) is 7.32. The lowest BCUT2D eigenvalue weighted by atomic mass is 10.1. The molecule has 1 rings (SSSR count). The molecule has 0 saturated heterocycles. The Morgan fingerprint density at radius 2 is 1.57 bits per heavy atom. The summed E-state index contributed by atoms with van der Waals surface area (Å²) in [6.07, 6.45) is 9.01. The standard InChI is InChI=1S/C18H30FNS/c1-16(17-12-8-9-13-18(17)19)20(2)14-10-6-4-3-5-7-11-15-21/h8-9,12-13,16,21H,3-7,10-11,14-15H2,1-2H3. The van der Waals surface area contributed by atoms with E-state index in [-0.39, 0.29) is 11.9 Å². The molecule has 1 aromatic rings. The second-order valence-corrected chi connectivity index (χ2v) is 6.32. The highest BCUT2D eigenvalue weighted by Crippen LogP contribution is 2.21. The lowest BCUT2D eigenvalue weighted by Gasteiger charge is -2.25. The molecule has 0 heterocycles. The molecule has 0 N–H and O–H groups in total. The smallest absolute Gasteiger partial charge is 0.127 e. The van der Waals surface area contributed by atoms with E-state index < -0.39 is 0 Å². The largest absolute Gasteiger partial charge is 0.300 e. The van der Waals surface area contributed by atoms with Gasteiger partial charge in [-0.2, -0.15) is 12.6 Å². The van der Waals surface area contributed by atoms with Crippen LogP contribution < -0.4 is 0 Å². The van der Waals surface area contributed by atoms with Crippen LogP contribution in [0.3, 0.4) is 0 Å². The van der Waals surface area contributed by atoms with E-state index in [1.807, 2.05) is 12.1 Å². The molecule has 0 aromatic heterocycles. The molecule has 0 aliphatic rings. The van der Waals surface area contributed by atoms with Crippen molar-refractivity contribution in [1.29, 1.82) is 0 Å². The zero-order valence-electron chi connectivity index (χ0n) is 13.5. The lowest BCUT2D eigenvalue weighted by Crippen LogP contribution is -2.24. The molecule has 0 aliphatic heterocycles. The maximum absolute atomic E-state index is 13.8. The number of rotatable bonds is 11. The Bertz CT molecular complexity index is 383. The summed E-state index contributed by atoms with van der Waals surface area (Å²) in [6.45, 7) is 3.11. The van der Waals surface area contributed by atoms with E-state index in [1.165, 1.54) is 44.9 Å². The summed E-state index contributed by atoms with van der Waals surface area (Å²) in [5.74, 6) is 0.916. The van der Waals surface area contributed by atoms with Crippen LogP contribution in [0.2, 0.25) is 0 Å². The molecule has 0 radical (unpaired) electrons. The van der Waals surface area contributed by atoms with Crippen molar-refractivity contribution in [1.82, 2.24) is 4.90 Å². The molecule has 0 aliphatic carbocycles. The Labute approximate surface area is 135 Å². The number of unbranched alkanes of at least 4 members (excludes halogenated alkanes) is 6. The molecule has 1 aromatic carbocycles. The molecule has 3 heteroatoms. The van der Waals surface area contributed by atoms with E-state index in [1.54, 1.807) is 12.1 Å². The summed E-state index contributed by atoms with van der Waals surface area (Å²) >= 11 is 4.23. The quantitative estimate of drug-likeness (QED) is 0.418. The molecular weight excluding hydrogens is 281 g/mol. The van der Waals surface area contributed by atoms with Gasteiger partial charge in [0.2, 0.25) is 0 Å². The number of thiol groups is 1. The first-order valence-corrected chi connectivity index (χ1v) is 8.85. The minimum absolute atomic E-state index is 0.0963. The van der Waals surface area contributed by atoms with Crippen LogP contribution in [0.4, 0.5) is 4.39 Å². The normalized spacial score (nSPS) is 12.8. The van der Waals surface area contributed by atoms with Crippen molar-refractivity contribution < 1.29 is 4.39 Å². The van der Waals surface area contributed by atoms with Crippen molar-refractivity contribution in [3.8, 4) is 0 Å². The summed E-state index contributed by atoms with van der Waals surface area (Å²) in [4.78, 5) is 2.25. The van der Waals surface area contributed by atoms with E-state index in [0.717, 1.165) is 17.9 Å². The Hall–Kier alpha value is -0.540. The van der Waals surface area contributed by atoms with Crippen molar-refractivity contribution >= 4 is 12.6 Å². The number of nitrogens with zero attached hydrogens (tertiary/aromatic N) is 1. The highest BCUT2D eigenvalue weighted by molar-refractivity contribution is 7.80. The topological polar surface area (TPSA) is 3.24 Å². The van der Waals surface area contributed by atoms with Crippen molar-refractivity contribution in [3.63, 3.8) is 0 Å². The fourth-order valence-electron chi connectivity index (χ4n) is 2.60. The van der Waals surface area contributed by atoms with E-state index in [4.69, 9.17) is 0 Å². The van der Waals surface area contributed by atoms with Crippen LogP contribution in [0, 0.1) is 5.82 Å². The SMILES string of the molecule is CC(c1ccccc1F)N(C)CCCCCCCCCS. The third-order valence-electron chi connectivity index (χ3n) is 4.19. The summed E-state index contributed by atoms with van der Waals surface area (Å²) in [5, 5.41) is 0. The van der Waals surface area contributed by atoms with Gasteiger partial charge < -0.3 is 0 Å². The molecule has 0 fully saturated rings. The Balaban J connectivity index is 2.16. The van der Waals surface area contributed by atoms with Crippen molar-refractivity contribution in [2.45, 2.75) is 57.9 Å². The maximum atomic E-state index is 13.8. The van der Waals surface area contributed by atoms with Crippen LogP contribution in [0.25, 0.3) is 0 Å². The number of hydrogen-bond acceptors (Lipinski definition) is 2. The zero-order valence-corrected chi connectivity index (χ0v) is 14.4. The number of hydrogen-bond donors (Lipinski definition) is 1. The highest BCUT2D eigenvalue weighted by Gasteiger charge is 2.14. The van der Waals surface area contributed by atoms with Gasteiger partial charge in [0.25, 0.3) is 0 Å². The van der Waals surface area contributed by atoms with E-state index >= 15 is 0 Å². The lowest BCUT2D eigenvalue weighted by molar-refractivity contribution is 0.250. The van der Waals surface area contributed by atoms with Gasteiger partial charge in [0.15, 0.2) is 0 Å². The van der Waals surface area contributed by atoms with Crippen LogP contribution in [-0.2, 0) is 0 Å². The first-order valence-electron chi connectivity index (χ1n) is 8.22. The zero-order chi connectivity index (χ0) is 15.5. The molecule has 0 amide bonds. The Morgan fingerprint density at radius 1 is 1.00 bits per heavy atom. The van der Waals surface area contributed by atoms with Crippen LogP contribution in [0.15, 0.2) is 24.3 Å². The number of halogens is 1. The molecular formula is C18H30FNS. The average molecular weight is 312 g/mol. The van der Waals surface area contributed by atoms with Gasteiger partial charge in [-0.15, -0.1) is 0 Å². The van der Waals surface area contributed by atoms with Crippen LogP contribution in [0.5, 0.6) is 0 Å². The molecule has 0 bridgehead atoms. The Kier molecular flexibility index (Phi) is 9.77. The van der Waals surface area contributed by atoms with Gasteiger partial charge in [-0.3, -0.25) is 4.90 Å². The fraction of sp³-hybridized carbons (Fsp3) is 0.667. The summed E-state index contributed by atoms with van der Waals surface area (Å²) in [5.41, 5.74) is 0.798. The summed E-state index contributed by atoms with van der Waals surface area (Å²) < 4.78 is 13.8. The summed E-state index contributed by atoms with van der Waals surface area (Å²) in [6, 6.07) is 7.23. The van der Waals surface area contributed by atoms with Gasteiger partial charge in [0.05, 0.1) is 0 Å². The molecule has 1 atom stereocenters. The first kappa shape index (κ1) is 18.5. The van der Waals surface area contributed by atoms with Gasteiger partial charge >= 0.3 is 0 Å². The van der Waals surface area contributed by atoms with Crippen LogP contribution >= 0.6 is 12.6 Å². The maximum Gasteiger partial charge on any atom is 0.127 e. The monoisotopic (exact) mass is 311 g/mol. The second kappa shape index (κ2) is 11.1. The highest BCUT2D eigenvalue weighted by atomic mass is 32.1. The van der Waals surface area contributed by atoms with E-state index in [0.29, 0.717) is 0 Å². The minimum Gasteiger partial charge on any atom is -0.300 e. The van der Waals surface area contributed by atoms with Gasteiger partial charge in [-0.25, -0.2) is 4.39 Å². The number of benzene rings is 1. The van der Waals surface area contributed by atoms with Gasteiger partial charge in [-0.1, -0.05) is 50.3 Å². The molecule has 0 saturated carbocycles. The Morgan fingerprint density at radius 3 is 2.19 bits per heavy atom. The third-order valence-corrected chi connectivity index (χ3v) is 4.50. The van der Waals surface area contributed by atoms with Gasteiger partial charge in [-0.05, 0) is 45.2 Å². The van der Waals surface area contributed by atoms with Crippen LogP contribution in [0.1, 0.15) is 63.5 Å².